The molecule has 0 amide bonds. The van der Waals surface area contributed by atoms with Crippen LogP contribution in [0.25, 0.3) is 0 Å². The van der Waals surface area contributed by atoms with Crippen molar-refractivity contribution in [2.24, 2.45) is 5.73 Å². The van der Waals surface area contributed by atoms with Gasteiger partial charge in [-0.2, -0.15) is 0 Å². The van der Waals surface area contributed by atoms with E-state index in [0.717, 1.165) is 0 Å². The molecule has 1 aliphatic heterocycles. The van der Waals surface area contributed by atoms with Gasteiger partial charge in [0.2, 0.25) is 0 Å². The van der Waals surface area contributed by atoms with Crippen LogP contribution >= 0.6 is 0 Å². The van der Waals surface area contributed by atoms with Crippen molar-refractivity contribution >= 4 is 0 Å². The van der Waals surface area contributed by atoms with Crippen molar-refractivity contribution in [2.75, 3.05) is 6.54 Å². The van der Waals surface area contributed by atoms with Gasteiger partial charge in [0.25, 0.3) is 0 Å². The van der Waals surface area contributed by atoms with Crippen LogP contribution in [0.3, 0.4) is 0 Å². The molecule has 0 aromatic rings. The first kappa shape index (κ1) is 8.93. The molecule has 0 spiro atoms. The summed E-state index contributed by atoms with van der Waals surface area (Å²) in [6, 6.07) is 0. The third-order valence-corrected chi connectivity index (χ3v) is 2.05. The summed E-state index contributed by atoms with van der Waals surface area (Å²) in [6.07, 6.45) is -1.44. The molecule has 0 aliphatic carbocycles. The number of aliphatic hydroxyl groups excluding tert-OH is 2. The fraction of sp³-hybridized carbons (Fsp3) is 1.00. The molecule has 0 aromatic carbocycles. The first-order chi connectivity index (χ1) is 5.15. The van der Waals surface area contributed by atoms with E-state index in [4.69, 9.17) is 10.5 Å². The van der Waals surface area contributed by atoms with Crippen LogP contribution in [-0.4, -0.2) is 41.2 Å². The van der Waals surface area contributed by atoms with E-state index in [1.54, 1.807) is 6.92 Å². The monoisotopic (exact) mass is 161 g/mol. The number of rotatable bonds is 1. The third-order valence-electron chi connectivity index (χ3n) is 2.05. The minimum absolute atomic E-state index is 0.108. The Labute approximate surface area is 66.0 Å². The Morgan fingerprint density at radius 2 is 2.18 bits per heavy atom. The topological polar surface area (TPSA) is 75.7 Å². The van der Waals surface area contributed by atoms with Gasteiger partial charge in [0.1, 0.15) is 6.10 Å². The van der Waals surface area contributed by atoms with Crippen LogP contribution in [0.2, 0.25) is 0 Å². The number of aliphatic hydroxyl groups is 2. The van der Waals surface area contributed by atoms with E-state index in [1.165, 1.54) is 0 Å². The average Bonchev–Trinajstić information content (AvgIpc) is 1.99. The van der Waals surface area contributed by atoms with Gasteiger partial charge in [-0.25, -0.2) is 0 Å². The Hall–Kier alpha value is -0.160. The van der Waals surface area contributed by atoms with Crippen LogP contribution in [0.5, 0.6) is 0 Å². The minimum atomic E-state index is -0.766. The molecule has 4 N–H and O–H groups in total. The average molecular weight is 161 g/mol. The zero-order valence-corrected chi connectivity index (χ0v) is 6.60. The van der Waals surface area contributed by atoms with Gasteiger partial charge >= 0.3 is 0 Å². The van der Waals surface area contributed by atoms with Crippen molar-refractivity contribution in [1.29, 1.82) is 0 Å². The Balaban J connectivity index is 2.47. The highest BCUT2D eigenvalue weighted by Gasteiger charge is 2.32. The molecule has 1 heterocycles. The van der Waals surface area contributed by atoms with Gasteiger partial charge in [-0.3, -0.25) is 0 Å². The number of hydrogen-bond acceptors (Lipinski definition) is 4. The van der Waals surface area contributed by atoms with Gasteiger partial charge in [-0.15, -0.1) is 0 Å². The van der Waals surface area contributed by atoms with Crippen LogP contribution in [0.1, 0.15) is 13.3 Å². The van der Waals surface area contributed by atoms with Crippen molar-refractivity contribution < 1.29 is 14.9 Å². The second-order valence-corrected chi connectivity index (χ2v) is 2.99. The van der Waals surface area contributed by atoms with Crippen LogP contribution in [0, 0.1) is 0 Å². The molecule has 1 saturated heterocycles. The van der Waals surface area contributed by atoms with Gasteiger partial charge in [-0.05, 0) is 6.92 Å². The van der Waals surface area contributed by atoms with E-state index < -0.39 is 12.2 Å². The molecule has 4 heteroatoms. The highest BCUT2D eigenvalue weighted by molar-refractivity contribution is 4.83. The molecule has 0 bridgehead atoms. The van der Waals surface area contributed by atoms with Crippen molar-refractivity contribution in [3.8, 4) is 0 Å². The summed E-state index contributed by atoms with van der Waals surface area (Å²) in [6.45, 7) is 2.13. The van der Waals surface area contributed by atoms with E-state index >= 15 is 0 Å². The van der Waals surface area contributed by atoms with E-state index in [-0.39, 0.29) is 12.2 Å². The summed E-state index contributed by atoms with van der Waals surface area (Å²) >= 11 is 0. The highest BCUT2D eigenvalue weighted by Crippen LogP contribution is 2.18. The first-order valence-electron chi connectivity index (χ1n) is 3.86. The normalized spacial score (nSPS) is 45.8. The lowest BCUT2D eigenvalue weighted by atomic mass is 9.99. The maximum Gasteiger partial charge on any atom is 0.106 e. The lowest BCUT2D eigenvalue weighted by molar-refractivity contribution is -0.158. The number of ether oxygens (including phenoxy) is 1. The molecule has 1 fully saturated rings. The number of hydrogen-bond donors (Lipinski definition) is 3. The maximum absolute atomic E-state index is 9.26. The van der Waals surface area contributed by atoms with E-state index in [2.05, 4.69) is 0 Å². The molecule has 11 heavy (non-hydrogen) atoms. The van der Waals surface area contributed by atoms with Crippen molar-refractivity contribution in [2.45, 2.75) is 37.8 Å². The molecule has 0 radical (unpaired) electrons. The van der Waals surface area contributed by atoms with Crippen LogP contribution < -0.4 is 5.73 Å². The predicted octanol–water partition coefficient (Wildman–Crippen LogP) is -1.16. The molecular weight excluding hydrogens is 146 g/mol. The van der Waals surface area contributed by atoms with Crippen LogP contribution in [-0.2, 0) is 4.74 Å². The maximum atomic E-state index is 9.26. The summed E-state index contributed by atoms with van der Waals surface area (Å²) in [5, 5.41) is 18.5. The summed E-state index contributed by atoms with van der Waals surface area (Å²) < 4.78 is 5.28. The molecule has 0 aromatic heterocycles. The summed E-state index contributed by atoms with van der Waals surface area (Å²) in [5.41, 5.74) is 5.36. The molecule has 0 saturated carbocycles. The van der Waals surface area contributed by atoms with Gasteiger partial charge in [0.05, 0.1) is 18.3 Å². The second-order valence-electron chi connectivity index (χ2n) is 2.99. The third kappa shape index (κ3) is 1.90. The summed E-state index contributed by atoms with van der Waals surface area (Å²) in [5.74, 6) is 0. The summed E-state index contributed by atoms with van der Waals surface area (Å²) in [4.78, 5) is 0. The van der Waals surface area contributed by atoms with Gasteiger partial charge in [0.15, 0.2) is 0 Å². The second kappa shape index (κ2) is 3.49. The largest absolute Gasteiger partial charge is 0.390 e. The van der Waals surface area contributed by atoms with E-state index in [0.29, 0.717) is 13.0 Å². The van der Waals surface area contributed by atoms with Gasteiger partial charge < -0.3 is 20.7 Å². The lowest BCUT2D eigenvalue weighted by Gasteiger charge is -2.34. The molecule has 1 unspecified atom stereocenters. The zero-order chi connectivity index (χ0) is 8.43. The Morgan fingerprint density at radius 3 is 2.64 bits per heavy atom. The highest BCUT2D eigenvalue weighted by atomic mass is 16.5. The van der Waals surface area contributed by atoms with Crippen LogP contribution in [0.15, 0.2) is 0 Å². The molecule has 4 nitrogen and oxygen atoms in total. The van der Waals surface area contributed by atoms with Crippen molar-refractivity contribution in [1.82, 2.24) is 0 Å². The van der Waals surface area contributed by atoms with Gasteiger partial charge in [0, 0.05) is 13.0 Å². The standard InChI is InChI=1S/C7H15NO3/c1-4-7(10)6(9)2-5(3-8)11-4/h4-7,9-10H,2-3,8H2,1H3/t4-,5+,6?,7+/m1/s1. The molecular formula is C7H15NO3. The van der Waals surface area contributed by atoms with E-state index in [9.17, 15) is 10.2 Å². The number of nitrogens with two attached hydrogens (primary N) is 1. The minimum Gasteiger partial charge on any atom is -0.390 e. The predicted molar refractivity (Wildman–Crippen MR) is 40.0 cm³/mol. The zero-order valence-electron chi connectivity index (χ0n) is 6.60. The van der Waals surface area contributed by atoms with Gasteiger partial charge in [-0.1, -0.05) is 0 Å². The quantitative estimate of drug-likeness (QED) is 0.453. The van der Waals surface area contributed by atoms with Crippen molar-refractivity contribution in [3.05, 3.63) is 0 Å². The fourth-order valence-electron chi connectivity index (χ4n) is 1.31. The molecule has 1 rings (SSSR count). The Morgan fingerprint density at radius 1 is 1.55 bits per heavy atom. The molecule has 1 aliphatic rings. The molecule has 4 atom stereocenters. The SMILES string of the molecule is C[C@H]1O[C@H](CN)CC(O)[C@H]1O. The van der Waals surface area contributed by atoms with Crippen molar-refractivity contribution in [3.63, 3.8) is 0 Å². The van der Waals surface area contributed by atoms with E-state index in [1.807, 2.05) is 0 Å². The Bertz CT molecular complexity index is 119. The van der Waals surface area contributed by atoms with Crippen LogP contribution in [0.4, 0.5) is 0 Å². The smallest absolute Gasteiger partial charge is 0.106 e. The molecule has 66 valence electrons. The summed E-state index contributed by atoms with van der Waals surface area (Å²) in [7, 11) is 0. The lowest BCUT2D eigenvalue weighted by Crippen LogP contribution is -2.48. The fourth-order valence-corrected chi connectivity index (χ4v) is 1.31. The Kier molecular flexibility index (Phi) is 2.84. The first-order valence-corrected chi connectivity index (χ1v) is 3.86.